The van der Waals surface area contributed by atoms with Crippen molar-refractivity contribution in [2.75, 3.05) is 6.54 Å². The first kappa shape index (κ1) is 37.5. The molecule has 9 unspecified atom stereocenters. The van der Waals surface area contributed by atoms with Crippen LogP contribution in [-0.2, 0) is 14.4 Å². The van der Waals surface area contributed by atoms with Gasteiger partial charge in [0.1, 0.15) is 6.04 Å². The zero-order valence-corrected chi connectivity index (χ0v) is 30.4. The van der Waals surface area contributed by atoms with Gasteiger partial charge in [0.05, 0.1) is 24.7 Å². The van der Waals surface area contributed by atoms with Gasteiger partial charge in [0, 0.05) is 13.0 Å². The maximum absolute atomic E-state index is 13.4. The summed E-state index contributed by atoms with van der Waals surface area (Å²) in [6, 6.07) is -0.664. The summed E-state index contributed by atoms with van der Waals surface area (Å²) in [7, 11) is 0. The minimum atomic E-state index is -0.835. The van der Waals surface area contributed by atoms with Crippen LogP contribution in [0.4, 0.5) is 0 Å². The fourth-order valence-corrected chi connectivity index (χ4v) is 12.1. The normalized spacial score (nSPS) is 40.2. The SMILES string of the molecule is CC(C)CC(NC(=O)CC[C@@H](C)C1CCC2C3C(O)CC4C[C@H](O)CCC4(C)C3C[C@H](O)C21C)C(=O)NCC1(CC(=O)O)CCCCC1. The number of fused-ring (bicyclic) bond motifs is 5. The molecule has 0 radical (unpaired) electrons. The number of carboxylic acid groups (broad SMARTS) is 1. The Morgan fingerprint density at radius 2 is 1.58 bits per heavy atom. The zero-order chi connectivity index (χ0) is 35.0. The Labute approximate surface area is 288 Å². The number of carboxylic acids is 1. The molecule has 5 fully saturated rings. The fourth-order valence-electron chi connectivity index (χ4n) is 12.1. The topological polar surface area (TPSA) is 156 Å². The molecule has 12 atom stereocenters. The van der Waals surface area contributed by atoms with E-state index in [0.29, 0.717) is 38.1 Å². The summed E-state index contributed by atoms with van der Waals surface area (Å²) in [5.74, 6) is 0.369. The summed E-state index contributed by atoms with van der Waals surface area (Å²) in [5, 5.41) is 49.5. The van der Waals surface area contributed by atoms with Crippen LogP contribution < -0.4 is 10.6 Å². The molecule has 5 aliphatic carbocycles. The maximum Gasteiger partial charge on any atom is 0.303 e. The highest BCUT2D eigenvalue weighted by molar-refractivity contribution is 5.87. The van der Waals surface area contributed by atoms with Crippen LogP contribution in [0.15, 0.2) is 0 Å². The first-order valence-corrected chi connectivity index (χ1v) is 19.4. The number of rotatable bonds is 12. The van der Waals surface area contributed by atoms with Crippen molar-refractivity contribution in [3.05, 3.63) is 0 Å². The summed E-state index contributed by atoms with van der Waals surface area (Å²) < 4.78 is 0. The summed E-state index contributed by atoms with van der Waals surface area (Å²) in [6.45, 7) is 11.2. The van der Waals surface area contributed by atoms with Gasteiger partial charge in [-0.2, -0.15) is 0 Å². The van der Waals surface area contributed by atoms with E-state index in [9.17, 15) is 34.8 Å². The number of nitrogens with one attached hydrogen (secondary N) is 2. The Bertz CT molecular complexity index is 1160. The average Bonchev–Trinajstić information content (AvgIpc) is 3.38. The lowest BCUT2D eigenvalue weighted by atomic mass is 9.43. The number of hydrogen-bond acceptors (Lipinski definition) is 6. The highest BCUT2D eigenvalue weighted by atomic mass is 16.4. The molecule has 0 aromatic heterocycles. The second kappa shape index (κ2) is 14.9. The first-order chi connectivity index (χ1) is 22.6. The van der Waals surface area contributed by atoms with E-state index in [-0.39, 0.29) is 70.7 Å². The first-order valence-electron chi connectivity index (χ1n) is 19.4. The predicted molar refractivity (Wildman–Crippen MR) is 185 cm³/mol. The van der Waals surface area contributed by atoms with E-state index in [2.05, 4.69) is 31.4 Å². The van der Waals surface area contributed by atoms with Gasteiger partial charge >= 0.3 is 5.97 Å². The molecule has 0 saturated heterocycles. The van der Waals surface area contributed by atoms with E-state index in [4.69, 9.17) is 0 Å². The molecule has 0 aliphatic heterocycles. The van der Waals surface area contributed by atoms with Crippen molar-refractivity contribution in [3.63, 3.8) is 0 Å². The molecule has 6 N–H and O–H groups in total. The largest absolute Gasteiger partial charge is 0.481 e. The molecule has 5 saturated carbocycles. The lowest BCUT2D eigenvalue weighted by Crippen LogP contribution is -2.62. The summed E-state index contributed by atoms with van der Waals surface area (Å²) in [6.07, 6.45) is 10.9. The number of amides is 2. The van der Waals surface area contributed by atoms with Crippen LogP contribution in [0.25, 0.3) is 0 Å². The minimum Gasteiger partial charge on any atom is -0.481 e. The molecule has 0 aromatic carbocycles. The molecule has 2 amide bonds. The van der Waals surface area contributed by atoms with Gasteiger partial charge in [-0.05, 0) is 128 Å². The molecule has 0 spiro atoms. The van der Waals surface area contributed by atoms with Gasteiger partial charge in [0.2, 0.25) is 11.8 Å². The number of aliphatic carboxylic acids is 1. The molecular formula is C39H66N2O7. The molecule has 274 valence electrons. The minimum absolute atomic E-state index is 0.0410. The van der Waals surface area contributed by atoms with Crippen LogP contribution >= 0.6 is 0 Å². The number of aliphatic hydroxyl groups excluding tert-OH is 3. The highest BCUT2D eigenvalue weighted by Crippen LogP contribution is 2.68. The Kier molecular flexibility index (Phi) is 11.6. The third kappa shape index (κ3) is 7.49. The van der Waals surface area contributed by atoms with Crippen molar-refractivity contribution in [2.24, 2.45) is 57.7 Å². The number of aliphatic hydroxyl groups is 3. The molecule has 5 aliphatic rings. The molecule has 9 heteroatoms. The van der Waals surface area contributed by atoms with Crippen LogP contribution in [0, 0.1) is 57.7 Å². The maximum atomic E-state index is 13.4. The Hall–Kier alpha value is -1.71. The van der Waals surface area contributed by atoms with Crippen molar-refractivity contribution >= 4 is 17.8 Å². The van der Waals surface area contributed by atoms with E-state index in [1.807, 2.05) is 13.8 Å². The van der Waals surface area contributed by atoms with Gasteiger partial charge in [-0.25, -0.2) is 0 Å². The molecule has 9 nitrogen and oxygen atoms in total. The molecule has 0 aromatic rings. The second-order valence-corrected chi connectivity index (χ2v) is 18.1. The third-order valence-corrected chi connectivity index (χ3v) is 14.8. The van der Waals surface area contributed by atoms with Crippen LogP contribution in [-0.4, -0.2) is 69.1 Å². The van der Waals surface area contributed by atoms with Crippen LogP contribution in [0.5, 0.6) is 0 Å². The zero-order valence-electron chi connectivity index (χ0n) is 30.4. The van der Waals surface area contributed by atoms with E-state index in [0.717, 1.165) is 70.6 Å². The van der Waals surface area contributed by atoms with Gasteiger partial charge in [0.15, 0.2) is 0 Å². The van der Waals surface area contributed by atoms with Crippen molar-refractivity contribution in [1.82, 2.24) is 10.6 Å². The molecule has 0 bridgehead atoms. The monoisotopic (exact) mass is 674 g/mol. The van der Waals surface area contributed by atoms with Crippen molar-refractivity contribution in [2.45, 2.75) is 162 Å². The van der Waals surface area contributed by atoms with Crippen LogP contribution in [0.1, 0.15) is 137 Å². The van der Waals surface area contributed by atoms with E-state index in [1.54, 1.807) is 0 Å². The van der Waals surface area contributed by atoms with Gasteiger partial charge in [-0.3, -0.25) is 14.4 Å². The summed E-state index contributed by atoms with van der Waals surface area (Å²) in [5.41, 5.74) is -0.702. The lowest BCUT2D eigenvalue weighted by molar-refractivity contribution is -0.207. The highest BCUT2D eigenvalue weighted by Gasteiger charge is 2.65. The Morgan fingerprint density at radius 3 is 2.25 bits per heavy atom. The van der Waals surface area contributed by atoms with Crippen LogP contribution in [0.2, 0.25) is 0 Å². The van der Waals surface area contributed by atoms with Gasteiger partial charge in [0.25, 0.3) is 0 Å². The van der Waals surface area contributed by atoms with Crippen molar-refractivity contribution < 1.29 is 34.8 Å². The summed E-state index contributed by atoms with van der Waals surface area (Å²) >= 11 is 0. The second-order valence-electron chi connectivity index (χ2n) is 18.1. The summed E-state index contributed by atoms with van der Waals surface area (Å²) in [4.78, 5) is 38.4. The van der Waals surface area contributed by atoms with Crippen molar-refractivity contribution in [1.29, 1.82) is 0 Å². The predicted octanol–water partition coefficient (Wildman–Crippen LogP) is 5.44. The molecule has 48 heavy (non-hydrogen) atoms. The number of hydrogen-bond donors (Lipinski definition) is 6. The number of carbonyl (C=O) groups is 3. The molecule has 0 heterocycles. The average molecular weight is 675 g/mol. The van der Waals surface area contributed by atoms with Gasteiger partial charge in [-0.1, -0.05) is 53.9 Å². The van der Waals surface area contributed by atoms with E-state index < -0.39 is 29.6 Å². The lowest BCUT2D eigenvalue weighted by Gasteiger charge is -2.63. The molecule has 5 rings (SSSR count). The van der Waals surface area contributed by atoms with E-state index >= 15 is 0 Å². The van der Waals surface area contributed by atoms with Gasteiger partial charge < -0.3 is 31.1 Å². The Morgan fingerprint density at radius 1 is 0.875 bits per heavy atom. The Balaban J connectivity index is 1.19. The van der Waals surface area contributed by atoms with Crippen LogP contribution in [0.3, 0.4) is 0 Å². The smallest absolute Gasteiger partial charge is 0.303 e. The number of carbonyl (C=O) groups excluding carboxylic acids is 2. The van der Waals surface area contributed by atoms with Gasteiger partial charge in [-0.15, -0.1) is 0 Å². The molecular weight excluding hydrogens is 608 g/mol. The fraction of sp³-hybridized carbons (Fsp3) is 0.923. The standard InChI is InChI=1S/C39H66N2O7/c1-23(2)17-30(36(48)40-22-39(21-34(46)47)14-7-6-8-15-39)41-33(45)12-9-24(3)27-10-11-28-35-29(20-32(44)38(27,28)5)37(4)16-13-26(42)18-25(37)19-31(35)43/h23-32,35,42-44H,6-22H2,1-5H3,(H,40,48)(H,41,45)(H,46,47)/t24-,25?,26-,27?,28?,29?,30?,31?,32+,35?,37?,38?/m1/s1. The van der Waals surface area contributed by atoms with E-state index in [1.165, 1.54) is 0 Å². The third-order valence-electron chi connectivity index (χ3n) is 14.8. The van der Waals surface area contributed by atoms with Crippen molar-refractivity contribution in [3.8, 4) is 0 Å². The quantitative estimate of drug-likeness (QED) is 0.161.